The second-order valence-corrected chi connectivity index (χ2v) is 4.04. The second kappa shape index (κ2) is 6.49. The molecule has 0 aliphatic rings. The van der Waals surface area contributed by atoms with E-state index in [0.717, 1.165) is 13.1 Å². The van der Waals surface area contributed by atoms with Gasteiger partial charge in [-0.05, 0) is 0 Å². The quantitative estimate of drug-likeness (QED) is 0.447. The van der Waals surface area contributed by atoms with E-state index in [1.807, 2.05) is 4.31 Å². The minimum Gasteiger partial charge on any atom is -0.279 e. The van der Waals surface area contributed by atoms with E-state index in [1.54, 1.807) is 0 Å². The number of thiol groups is 1. The first kappa shape index (κ1) is 16.4. The van der Waals surface area contributed by atoms with Crippen molar-refractivity contribution >= 4 is 22.9 Å². The molecule has 0 rings (SSSR count). The molecule has 0 unspecified atom stereocenters. The molecule has 0 atom stereocenters. The van der Waals surface area contributed by atoms with Gasteiger partial charge >= 0.3 is 15.6 Å². The van der Waals surface area contributed by atoms with E-state index < -0.39 is 15.6 Å². The zero-order valence-corrected chi connectivity index (χ0v) is 9.33. The molecule has 4 nitrogen and oxygen atoms in total. The van der Waals surface area contributed by atoms with Gasteiger partial charge in [-0.25, -0.2) is 0 Å². The summed E-state index contributed by atoms with van der Waals surface area (Å²) in [6.45, 7) is 6.21. The average molecular weight is 255 g/mol. The van der Waals surface area contributed by atoms with Crippen LogP contribution >= 0.6 is 12.8 Å². The molecule has 0 aromatic heterocycles. The Balaban J connectivity index is 0. The molecule has 0 amide bonds. The summed E-state index contributed by atoms with van der Waals surface area (Å²) in [6, 6.07) is 0. The van der Waals surface area contributed by atoms with Crippen molar-refractivity contribution in [3.63, 3.8) is 0 Å². The Morgan fingerprint density at radius 1 is 1.29 bits per heavy atom. The lowest BCUT2D eigenvalue weighted by Crippen LogP contribution is -2.21. The number of hydrogen-bond donors (Lipinski definition) is 2. The molecule has 9 heteroatoms. The van der Waals surface area contributed by atoms with E-state index in [1.165, 1.54) is 0 Å². The van der Waals surface area contributed by atoms with Crippen LogP contribution < -0.4 is 0 Å². The first-order chi connectivity index (χ1) is 6.06. The van der Waals surface area contributed by atoms with E-state index in [-0.39, 0.29) is 0 Å². The van der Waals surface area contributed by atoms with E-state index in [4.69, 9.17) is 13.0 Å². The Morgan fingerprint density at radius 2 is 1.50 bits per heavy atom. The lowest BCUT2D eigenvalue weighted by molar-refractivity contribution is -0.0510. The van der Waals surface area contributed by atoms with Gasteiger partial charge in [0.25, 0.3) is 0 Å². The highest BCUT2D eigenvalue weighted by molar-refractivity contribution is 7.86. The molecule has 0 bridgehead atoms. The summed E-state index contributed by atoms with van der Waals surface area (Å²) in [5.74, 6) is 0. The van der Waals surface area contributed by atoms with Gasteiger partial charge in [-0.3, -0.25) is 8.86 Å². The molecular formula is C5H12F3NO3S2. The van der Waals surface area contributed by atoms with Crippen LogP contribution in [0.4, 0.5) is 13.2 Å². The van der Waals surface area contributed by atoms with E-state index in [0.29, 0.717) is 0 Å². The highest BCUT2D eigenvalue weighted by atomic mass is 32.2. The normalized spacial score (nSPS) is 12.3. The van der Waals surface area contributed by atoms with Crippen LogP contribution in [-0.4, -0.2) is 35.9 Å². The fraction of sp³-hybridized carbons (Fsp3) is 1.00. The molecule has 0 saturated carbocycles. The summed E-state index contributed by atoms with van der Waals surface area (Å²) >= 11 is 4.06. The molecular weight excluding hydrogens is 243 g/mol. The van der Waals surface area contributed by atoms with Crippen molar-refractivity contribution in [1.29, 1.82) is 0 Å². The maximum Gasteiger partial charge on any atom is 0.522 e. The first-order valence-corrected chi connectivity index (χ1v) is 5.37. The summed E-state index contributed by atoms with van der Waals surface area (Å²) in [4.78, 5) is 0. The fourth-order valence-electron chi connectivity index (χ4n) is 0.224. The standard InChI is InChI=1S/C4H11NS.CHF3O3S/c1-3-5(6)4-2;2-1(3,4)8(5,6)7/h6H,3-4H2,1-2H3;(H,5,6,7). The lowest BCUT2D eigenvalue weighted by Gasteiger charge is -2.05. The third-order valence-electron chi connectivity index (χ3n) is 1.02. The van der Waals surface area contributed by atoms with Crippen LogP contribution in [0, 0.1) is 0 Å². The number of nitrogens with zero attached hydrogens (tertiary/aromatic N) is 1. The topological polar surface area (TPSA) is 57.6 Å². The predicted molar refractivity (Wildman–Crippen MR) is 49.5 cm³/mol. The van der Waals surface area contributed by atoms with Gasteiger partial charge in [0.15, 0.2) is 0 Å². The summed E-state index contributed by atoms with van der Waals surface area (Å²) < 4.78 is 59.5. The zero-order chi connectivity index (χ0) is 12.0. The second-order valence-electron chi connectivity index (χ2n) is 2.06. The summed E-state index contributed by atoms with van der Waals surface area (Å²) in [7, 11) is -5.84. The SMILES string of the molecule is CCN(S)CC.O=S(=O)(O)C(F)(F)F. The van der Waals surface area contributed by atoms with Gasteiger partial charge in [0.2, 0.25) is 0 Å². The van der Waals surface area contributed by atoms with Crippen LogP contribution in [0.1, 0.15) is 13.8 Å². The van der Waals surface area contributed by atoms with E-state index in [9.17, 15) is 13.2 Å². The summed E-state index contributed by atoms with van der Waals surface area (Å²) in [5.41, 5.74) is -5.53. The van der Waals surface area contributed by atoms with Crippen LogP contribution in [0.5, 0.6) is 0 Å². The monoisotopic (exact) mass is 255 g/mol. The molecule has 88 valence electrons. The van der Waals surface area contributed by atoms with Gasteiger partial charge in [-0.15, -0.1) is 0 Å². The van der Waals surface area contributed by atoms with Crippen molar-refractivity contribution in [1.82, 2.24) is 4.31 Å². The average Bonchev–Trinajstić information content (AvgIpc) is 2.00. The third-order valence-corrected chi connectivity index (χ3v) is 2.17. The first-order valence-electron chi connectivity index (χ1n) is 3.53. The van der Waals surface area contributed by atoms with Crippen molar-refractivity contribution in [2.24, 2.45) is 0 Å². The van der Waals surface area contributed by atoms with Crippen LogP contribution in [0.15, 0.2) is 0 Å². The minimum absolute atomic E-state index is 1.03. The minimum atomic E-state index is -5.84. The smallest absolute Gasteiger partial charge is 0.279 e. The van der Waals surface area contributed by atoms with Crippen LogP contribution in [0.25, 0.3) is 0 Å². The maximum absolute atomic E-state index is 10.7. The molecule has 0 saturated heterocycles. The Bertz CT molecular complexity index is 235. The molecule has 0 heterocycles. The third kappa shape index (κ3) is 8.60. The van der Waals surface area contributed by atoms with Crippen molar-refractivity contribution in [2.45, 2.75) is 19.4 Å². The molecule has 0 fully saturated rings. The Hall–Kier alpha value is 0.01000. The molecule has 0 aromatic rings. The molecule has 14 heavy (non-hydrogen) atoms. The Morgan fingerprint density at radius 3 is 1.50 bits per heavy atom. The van der Waals surface area contributed by atoms with Crippen LogP contribution in [0.3, 0.4) is 0 Å². The van der Waals surface area contributed by atoms with Gasteiger partial charge in [-0.1, -0.05) is 26.7 Å². The van der Waals surface area contributed by atoms with Crippen LogP contribution in [0.2, 0.25) is 0 Å². The van der Waals surface area contributed by atoms with Gasteiger partial charge in [-0.2, -0.15) is 21.6 Å². The lowest BCUT2D eigenvalue weighted by atomic mass is 10.7. The Kier molecular flexibility index (Phi) is 7.62. The van der Waals surface area contributed by atoms with Crippen molar-refractivity contribution < 1.29 is 26.1 Å². The molecule has 1 N–H and O–H groups in total. The fourth-order valence-corrected chi connectivity index (χ4v) is 0.224. The zero-order valence-electron chi connectivity index (χ0n) is 7.61. The highest BCUT2D eigenvalue weighted by Gasteiger charge is 2.44. The highest BCUT2D eigenvalue weighted by Crippen LogP contribution is 2.20. The summed E-state index contributed by atoms with van der Waals surface area (Å²) in [6.07, 6.45) is 0. The molecule has 0 aliphatic heterocycles. The van der Waals surface area contributed by atoms with Crippen molar-refractivity contribution in [3.05, 3.63) is 0 Å². The van der Waals surface area contributed by atoms with E-state index in [2.05, 4.69) is 26.7 Å². The molecule has 0 spiro atoms. The number of hydrogen-bond acceptors (Lipinski definition) is 4. The van der Waals surface area contributed by atoms with Gasteiger partial charge in [0.1, 0.15) is 0 Å². The van der Waals surface area contributed by atoms with Gasteiger partial charge < -0.3 is 0 Å². The number of alkyl halides is 3. The van der Waals surface area contributed by atoms with Crippen LogP contribution in [-0.2, 0) is 10.1 Å². The van der Waals surface area contributed by atoms with E-state index >= 15 is 0 Å². The maximum atomic E-state index is 10.7. The van der Waals surface area contributed by atoms with Crippen molar-refractivity contribution in [2.75, 3.05) is 13.1 Å². The Labute approximate surface area is 86.4 Å². The van der Waals surface area contributed by atoms with Crippen molar-refractivity contribution in [3.8, 4) is 0 Å². The number of rotatable bonds is 2. The molecule has 0 aliphatic carbocycles. The number of halogens is 3. The summed E-state index contributed by atoms with van der Waals surface area (Å²) in [5, 5.41) is 0. The van der Waals surface area contributed by atoms with Gasteiger partial charge in [0, 0.05) is 13.1 Å². The molecule has 0 radical (unpaired) electrons. The van der Waals surface area contributed by atoms with Gasteiger partial charge in [0.05, 0.1) is 0 Å². The molecule has 0 aromatic carbocycles. The predicted octanol–water partition coefficient (Wildman–Crippen LogP) is 1.57. The largest absolute Gasteiger partial charge is 0.522 e.